The zero-order valence-corrected chi connectivity index (χ0v) is 25.5. The number of Topliss-reactive ketones (excluding diaryl/α,β-unsaturated/α-hetero) is 2. The van der Waals surface area contributed by atoms with Crippen molar-refractivity contribution in [1.82, 2.24) is 4.90 Å². The van der Waals surface area contributed by atoms with E-state index in [2.05, 4.69) is 5.32 Å². The van der Waals surface area contributed by atoms with Crippen LogP contribution in [-0.2, 0) is 10.2 Å². The van der Waals surface area contributed by atoms with Crippen LogP contribution in [0.4, 0.5) is 5.69 Å². The van der Waals surface area contributed by atoms with Gasteiger partial charge in [0.1, 0.15) is 17.2 Å². The van der Waals surface area contributed by atoms with E-state index >= 15 is 0 Å². The molecule has 1 amide bonds. The van der Waals surface area contributed by atoms with Gasteiger partial charge in [-0.15, -0.1) is 0 Å². The SMILES string of the molecule is CC(C)Oc1ccc(C(=O)[C@H]2[C@H](C(=O)c3ccc(Cl)cc3Cl)[C@]3(C(=O)Nc4ccccc43)[C@H]3c4ccccc4C=CN23)cc1. The van der Waals surface area contributed by atoms with E-state index in [4.69, 9.17) is 27.9 Å². The van der Waals surface area contributed by atoms with Gasteiger partial charge < -0.3 is 15.0 Å². The summed E-state index contributed by atoms with van der Waals surface area (Å²) in [6.07, 6.45) is 3.75. The lowest BCUT2D eigenvalue weighted by molar-refractivity contribution is -0.122. The molecule has 220 valence electrons. The molecule has 4 aromatic carbocycles. The molecule has 3 aliphatic rings. The lowest BCUT2D eigenvalue weighted by atomic mass is 9.62. The molecule has 6 nitrogen and oxygen atoms in total. The van der Waals surface area contributed by atoms with Crippen molar-refractivity contribution in [2.24, 2.45) is 5.92 Å². The number of amides is 1. The Morgan fingerprint density at radius 2 is 1.64 bits per heavy atom. The number of halogens is 2. The molecule has 4 aromatic rings. The minimum absolute atomic E-state index is 0.0300. The molecule has 1 saturated heterocycles. The van der Waals surface area contributed by atoms with Gasteiger partial charge in [0.15, 0.2) is 11.6 Å². The van der Waals surface area contributed by atoms with E-state index in [-0.39, 0.29) is 28.4 Å². The fraction of sp³-hybridized carbons (Fsp3) is 0.194. The first kappa shape index (κ1) is 28.4. The van der Waals surface area contributed by atoms with E-state index in [1.807, 2.05) is 79.6 Å². The van der Waals surface area contributed by atoms with Gasteiger partial charge >= 0.3 is 0 Å². The number of carbonyl (C=O) groups excluding carboxylic acids is 3. The molecule has 0 bridgehead atoms. The van der Waals surface area contributed by atoms with Crippen LogP contribution in [0.25, 0.3) is 6.08 Å². The molecule has 0 aliphatic carbocycles. The van der Waals surface area contributed by atoms with Gasteiger partial charge in [-0.05, 0) is 85.1 Å². The standard InChI is InChI=1S/C36H28Cl2N2O4/c1-20(2)44-24-14-11-22(12-15-24)32(41)31-30(33(42)26-16-13-23(37)19-28(26)38)36(27-9-5-6-10-29(27)39-35(36)43)34-25-8-4-3-7-21(25)17-18-40(31)34/h3-20,30-31,34H,1-2H3,(H,39,43)/t30-,31-,34-,36+/m1/s1. The largest absolute Gasteiger partial charge is 0.491 e. The van der Waals surface area contributed by atoms with E-state index in [1.54, 1.807) is 36.4 Å². The fourth-order valence-corrected chi connectivity index (χ4v) is 7.67. The second-order valence-corrected chi connectivity index (χ2v) is 12.5. The van der Waals surface area contributed by atoms with Crippen LogP contribution in [-0.4, -0.2) is 34.5 Å². The topological polar surface area (TPSA) is 75.7 Å². The van der Waals surface area contributed by atoms with Gasteiger partial charge in [0, 0.05) is 28.0 Å². The summed E-state index contributed by atoms with van der Waals surface area (Å²) >= 11 is 12.8. The maximum absolute atomic E-state index is 14.9. The number of nitrogens with one attached hydrogen (secondary N) is 1. The van der Waals surface area contributed by atoms with E-state index in [0.29, 0.717) is 27.6 Å². The summed E-state index contributed by atoms with van der Waals surface area (Å²) in [6.45, 7) is 3.86. The minimum Gasteiger partial charge on any atom is -0.491 e. The van der Waals surface area contributed by atoms with Gasteiger partial charge in [-0.2, -0.15) is 0 Å². The Kier molecular flexibility index (Phi) is 6.87. The van der Waals surface area contributed by atoms with E-state index in [1.165, 1.54) is 6.07 Å². The second-order valence-electron chi connectivity index (χ2n) is 11.6. The van der Waals surface area contributed by atoms with Gasteiger partial charge in [-0.25, -0.2) is 0 Å². The Labute approximate surface area is 265 Å². The van der Waals surface area contributed by atoms with Crippen LogP contribution in [0.5, 0.6) is 5.75 Å². The molecule has 8 heteroatoms. The smallest absolute Gasteiger partial charge is 0.238 e. The van der Waals surface area contributed by atoms with Crippen LogP contribution >= 0.6 is 23.2 Å². The van der Waals surface area contributed by atoms with Crippen LogP contribution in [0.3, 0.4) is 0 Å². The number of rotatable bonds is 6. The molecule has 1 spiro atoms. The molecular formula is C36H28Cl2N2O4. The number of hydrogen-bond donors (Lipinski definition) is 1. The summed E-state index contributed by atoms with van der Waals surface area (Å²) < 4.78 is 5.80. The lowest BCUT2D eigenvalue weighted by Gasteiger charge is -2.38. The molecule has 7 rings (SSSR count). The number of carbonyl (C=O) groups is 3. The van der Waals surface area contributed by atoms with Gasteiger partial charge in [0.2, 0.25) is 5.91 Å². The van der Waals surface area contributed by atoms with Crippen molar-refractivity contribution in [3.8, 4) is 5.75 Å². The van der Waals surface area contributed by atoms with Crippen molar-refractivity contribution in [2.75, 3.05) is 5.32 Å². The predicted molar refractivity (Wildman–Crippen MR) is 171 cm³/mol. The Morgan fingerprint density at radius 1 is 0.909 bits per heavy atom. The quantitative estimate of drug-likeness (QED) is 0.222. The summed E-state index contributed by atoms with van der Waals surface area (Å²) in [5, 5.41) is 3.59. The van der Waals surface area contributed by atoms with Crippen LogP contribution in [0.2, 0.25) is 10.0 Å². The highest BCUT2D eigenvalue weighted by Gasteiger charge is 2.70. The predicted octanol–water partition coefficient (Wildman–Crippen LogP) is 7.76. The number of nitrogens with zero attached hydrogens (tertiary/aromatic N) is 1. The summed E-state index contributed by atoms with van der Waals surface area (Å²) in [5.41, 5.74) is 2.23. The third-order valence-corrected chi connectivity index (χ3v) is 9.38. The molecule has 1 N–H and O–H groups in total. The Hall–Kier alpha value is -4.39. The van der Waals surface area contributed by atoms with Crippen LogP contribution in [0.1, 0.15) is 57.3 Å². The van der Waals surface area contributed by atoms with Crippen molar-refractivity contribution >= 4 is 52.4 Å². The number of ketones is 2. The zero-order chi connectivity index (χ0) is 30.7. The number of para-hydroxylation sites is 1. The third kappa shape index (κ3) is 4.20. The van der Waals surface area contributed by atoms with Crippen molar-refractivity contribution < 1.29 is 19.1 Å². The van der Waals surface area contributed by atoms with Gasteiger partial charge in [0.05, 0.1) is 23.1 Å². The number of benzene rings is 4. The normalized spacial score (nSPS) is 22.9. The summed E-state index contributed by atoms with van der Waals surface area (Å²) in [6, 6.07) is 25.1. The van der Waals surface area contributed by atoms with E-state index in [9.17, 15) is 14.4 Å². The Balaban J connectivity index is 1.49. The molecule has 0 aromatic heterocycles. The maximum Gasteiger partial charge on any atom is 0.238 e. The monoisotopic (exact) mass is 622 g/mol. The molecule has 0 unspecified atom stereocenters. The van der Waals surface area contributed by atoms with Crippen LogP contribution in [0, 0.1) is 5.92 Å². The average Bonchev–Trinajstić information content (AvgIpc) is 3.49. The van der Waals surface area contributed by atoms with Gasteiger partial charge in [-0.3, -0.25) is 14.4 Å². The number of hydrogen-bond acceptors (Lipinski definition) is 5. The first-order chi connectivity index (χ1) is 21.2. The highest BCUT2D eigenvalue weighted by atomic mass is 35.5. The molecule has 3 aliphatic heterocycles. The zero-order valence-electron chi connectivity index (χ0n) is 24.0. The molecular weight excluding hydrogens is 595 g/mol. The highest BCUT2D eigenvalue weighted by Crippen LogP contribution is 2.62. The number of anilines is 1. The molecule has 0 saturated carbocycles. The first-order valence-corrected chi connectivity index (χ1v) is 15.2. The summed E-state index contributed by atoms with van der Waals surface area (Å²) in [7, 11) is 0. The average molecular weight is 624 g/mol. The molecule has 4 atom stereocenters. The van der Waals surface area contributed by atoms with Gasteiger partial charge in [0.25, 0.3) is 0 Å². The van der Waals surface area contributed by atoms with Crippen molar-refractivity contribution in [3.63, 3.8) is 0 Å². The first-order valence-electron chi connectivity index (χ1n) is 14.5. The second kappa shape index (κ2) is 10.7. The lowest BCUT2D eigenvalue weighted by Crippen LogP contribution is -2.49. The fourth-order valence-electron chi connectivity index (χ4n) is 7.17. The maximum atomic E-state index is 14.9. The van der Waals surface area contributed by atoms with E-state index in [0.717, 1.165) is 11.1 Å². The minimum atomic E-state index is -1.45. The third-order valence-electron chi connectivity index (χ3n) is 8.83. The molecule has 3 heterocycles. The van der Waals surface area contributed by atoms with Crippen molar-refractivity contribution in [2.45, 2.75) is 37.5 Å². The molecule has 1 fully saturated rings. The summed E-state index contributed by atoms with van der Waals surface area (Å²) in [5.74, 6) is -1.53. The van der Waals surface area contributed by atoms with E-state index < -0.39 is 29.2 Å². The highest BCUT2D eigenvalue weighted by molar-refractivity contribution is 6.37. The summed E-state index contributed by atoms with van der Waals surface area (Å²) in [4.78, 5) is 46.1. The number of fused-ring (bicyclic) bond motifs is 6. The van der Waals surface area contributed by atoms with Gasteiger partial charge in [-0.1, -0.05) is 65.7 Å². The Bertz CT molecular complexity index is 1870. The number of ether oxygens (including phenoxy) is 1. The van der Waals surface area contributed by atoms with Crippen LogP contribution < -0.4 is 10.1 Å². The van der Waals surface area contributed by atoms with Crippen molar-refractivity contribution in [1.29, 1.82) is 0 Å². The molecule has 44 heavy (non-hydrogen) atoms. The molecule has 0 radical (unpaired) electrons. The Morgan fingerprint density at radius 3 is 2.39 bits per heavy atom. The van der Waals surface area contributed by atoms with Crippen molar-refractivity contribution in [3.05, 3.63) is 135 Å². The van der Waals surface area contributed by atoms with Crippen LogP contribution in [0.15, 0.2) is 97.2 Å².